The fourth-order valence-corrected chi connectivity index (χ4v) is 2.64. The summed E-state index contributed by atoms with van der Waals surface area (Å²) < 4.78 is 1.84. The predicted octanol–water partition coefficient (Wildman–Crippen LogP) is 1.02. The Morgan fingerprint density at radius 3 is 3.14 bits per heavy atom. The Morgan fingerprint density at radius 2 is 2.41 bits per heavy atom. The summed E-state index contributed by atoms with van der Waals surface area (Å²) in [6, 6.07) is -0.416. The fourth-order valence-electron chi connectivity index (χ4n) is 2.64. The molecule has 3 N–H and O–H groups in total. The van der Waals surface area contributed by atoms with Gasteiger partial charge in [0.15, 0.2) is 5.82 Å². The lowest BCUT2D eigenvalue weighted by Crippen LogP contribution is -2.39. The van der Waals surface area contributed by atoms with Gasteiger partial charge in [0.05, 0.1) is 18.1 Å². The Morgan fingerprint density at radius 1 is 1.59 bits per heavy atom. The normalized spacial score (nSPS) is 21.4. The molecule has 2 aromatic rings. The summed E-state index contributed by atoms with van der Waals surface area (Å²) in [5.74, 6) is 2.18. The van der Waals surface area contributed by atoms with Crippen LogP contribution in [0.25, 0.3) is 0 Å². The van der Waals surface area contributed by atoms with Crippen LogP contribution in [0.15, 0.2) is 6.33 Å². The third-order valence-electron chi connectivity index (χ3n) is 3.83. The monoisotopic (exact) mass is 304 g/mol. The van der Waals surface area contributed by atoms with Crippen molar-refractivity contribution in [2.24, 2.45) is 0 Å². The molecule has 3 rings (SSSR count). The smallest absolute Gasteiger partial charge is 0.315 e. The Balaban J connectivity index is 1.59. The Kier molecular flexibility index (Phi) is 3.78. The summed E-state index contributed by atoms with van der Waals surface area (Å²) in [5, 5.41) is 16.9. The van der Waals surface area contributed by atoms with Crippen LogP contribution in [-0.4, -0.2) is 36.0 Å². The average molecular weight is 304 g/mol. The summed E-state index contributed by atoms with van der Waals surface area (Å²) in [5.41, 5.74) is 0. The first-order valence-corrected chi connectivity index (χ1v) is 7.46. The van der Waals surface area contributed by atoms with E-state index in [0.717, 1.165) is 24.5 Å². The van der Waals surface area contributed by atoms with Gasteiger partial charge in [-0.05, 0) is 20.3 Å². The van der Waals surface area contributed by atoms with Crippen molar-refractivity contribution in [2.45, 2.75) is 51.7 Å². The number of urea groups is 1. The van der Waals surface area contributed by atoms with Gasteiger partial charge in [0.25, 0.3) is 0 Å². The maximum atomic E-state index is 12.2. The Hall–Kier alpha value is -2.45. The lowest BCUT2D eigenvalue weighted by atomic mass is 10.2. The van der Waals surface area contributed by atoms with Crippen molar-refractivity contribution in [1.29, 1.82) is 0 Å². The number of amides is 2. The zero-order valence-corrected chi connectivity index (χ0v) is 12.9. The van der Waals surface area contributed by atoms with Crippen molar-refractivity contribution in [1.82, 2.24) is 40.6 Å². The van der Waals surface area contributed by atoms with Crippen molar-refractivity contribution in [2.75, 3.05) is 0 Å². The van der Waals surface area contributed by atoms with Gasteiger partial charge in [0.2, 0.25) is 0 Å². The first kappa shape index (κ1) is 14.5. The van der Waals surface area contributed by atoms with Gasteiger partial charge in [-0.15, -0.1) is 0 Å². The van der Waals surface area contributed by atoms with Gasteiger partial charge in [-0.3, -0.25) is 5.10 Å². The molecule has 22 heavy (non-hydrogen) atoms. The number of H-pyrrole nitrogens is 1. The summed E-state index contributed by atoms with van der Waals surface area (Å²) in [4.78, 5) is 20.7. The minimum atomic E-state index is -0.270. The number of carbonyl (C=O) groups excluding carboxylic acids is 1. The van der Waals surface area contributed by atoms with E-state index >= 15 is 0 Å². The number of carbonyl (C=O) groups is 1. The van der Waals surface area contributed by atoms with Gasteiger partial charge in [-0.2, -0.15) is 10.2 Å². The predicted molar refractivity (Wildman–Crippen MR) is 77.9 cm³/mol. The maximum absolute atomic E-state index is 12.2. The molecule has 3 heterocycles. The number of fused-ring (bicyclic) bond motifs is 1. The molecule has 2 aromatic heterocycles. The number of aromatic amines is 1. The molecular formula is C13H20N8O. The van der Waals surface area contributed by atoms with E-state index in [1.54, 1.807) is 0 Å². The lowest BCUT2D eigenvalue weighted by molar-refractivity contribution is 0.233. The van der Waals surface area contributed by atoms with E-state index in [2.05, 4.69) is 42.8 Å². The van der Waals surface area contributed by atoms with Crippen LogP contribution >= 0.6 is 0 Å². The van der Waals surface area contributed by atoms with Gasteiger partial charge in [0, 0.05) is 6.42 Å². The van der Waals surface area contributed by atoms with Crippen LogP contribution in [-0.2, 0) is 6.42 Å². The summed E-state index contributed by atoms with van der Waals surface area (Å²) >= 11 is 0. The first-order chi connectivity index (χ1) is 10.6. The largest absolute Gasteiger partial charge is 0.328 e. The minimum absolute atomic E-state index is 0.122. The summed E-state index contributed by atoms with van der Waals surface area (Å²) in [6.45, 7) is 5.90. The topological polar surface area (TPSA) is 113 Å². The highest BCUT2D eigenvalue weighted by Gasteiger charge is 2.31. The van der Waals surface area contributed by atoms with E-state index < -0.39 is 0 Å². The third kappa shape index (κ3) is 2.66. The summed E-state index contributed by atoms with van der Waals surface area (Å²) in [7, 11) is 0. The van der Waals surface area contributed by atoms with Crippen LogP contribution in [0.5, 0.6) is 0 Å². The third-order valence-corrected chi connectivity index (χ3v) is 3.83. The van der Waals surface area contributed by atoms with Gasteiger partial charge in [-0.1, -0.05) is 6.92 Å². The van der Waals surface area contributed by atoms with Crippen LogP contribution in [0.3, 0.4) is 0 Å². The molecule has 0 spiro atoms. The second-order valence-electron chi connectivity index (χ2n) is 5.53. The molecule has 1 aliphatic heterocycles. The zero-order chi connectivity index (χ0) is 15.7. The molecule has 3 atom stereocenters. The second-order valence-corrected chi connectivity index (χ2v) is 5.53. The van der Waals surface area contributed by atoms with Gasteiger partial charge in [0.1, 0.15) is 18.0 Å². The fraction of sp³-hybridized carbons (Fsp3) is 0.615. The van der Waals surface area contributed by atoms with Crippen molar-refractivity contribution in [3.63, 3.8) is 0 Å². The highest BCUT2D eigenvalue weighted by atomic mass is 16.2. The molecule has 0 saturated heterocycles. The van der Waals surface area contributed by atoms with Crippen molar-refractivity contribution in [3.05, 3.63) is 23.8 Å². The van der Waals surface area contributed by atoms with Crippen LogP contribution in [0.4, 0.5) is 4.79 Å². The molecule has 3 unspecified atom stereocenters. The van der Waals surface area contributed by atoms with Gasteiger partial charge < -0.3 is 10.6 Å². The number of nitrogens with one attached hydrogen (secondary N) is 3. The van der Waals surface area contributed by atoms with Gasteiger partial charge in [-0.25, -0.2) is 19.4 Å². The van der Waals surface area contributed by atoms with E-state index in [4.69, 9.17) is 0 Å². The summed E-state index contributed by atoms with van der Waals surface area (Å²) in [6.07, 6.45) is 3.08. The molecule has 1 aliphatic rings. The molecule has 2 amide bonds. The van der Waals surface area contributed by atoms with E-state index in [1.165, 1.54) is 6.33 Å². The van der Waals surface area contributed by atoms with E-state index in [9.17, 15) is 4.79 Å². The molecule has 0 aliphatic carbocycles. The molecule has 118 valence electrons. The van der Waals surface area contributed by atoms with E-state index in [-0.39, 0.29) is 24.2 Å². The number of rotatable bonds is 4. The number of aromatic nitrogens is 6. The van der Waals surface area contributed by atoms with E-state index in [0.29, 0.717) is 5.82 Å². The molecule has 0 saturated carbocycles. The quantitative estimate of drug-likeness (QED) is 0.780. The standard InChI is InChI=1S/C13H20N8O/c1-4-10-18-11(20-19-10)8(3)16-13(22)17-9-5-7(2)21-12(9)14-6-15-21/h6-9H,4-5H2,1-3H3,(H2,16,17,22)(H,18,19,20). The van der Waals surface area contributed by atoms with Crippen molar-refractivity contribution < 1.29 is 4.79 Å². The number of hydrogen-bond acceptors (Lipinski definition) is 5. The van der Waals surface area contributed by atoms with Crippen LogP contribution < -0.4 is 10.6 Å². The van der Waals surface area contributed by atoms with Crippen molar-refractivity contribution >= 4 is 6.03 Å². The Bertz CT molecular complexity index is 663. The van der Waals surface area contributed by atoms with Crippen molar-refractivity contribution in [3.8, 4) is 0 Å². The zero-order valence-electron chi connectivity index (χ0n) is 12.9. The lowest BCUT2D eigenvalue weighted by Gasteiger charge is -2.15. The molecule has 0 fully saturated rings. The first-order valence-electron chi connectivity index (χ1n) is 7.46. The molecule has 9 nitrogen and oxygen atoms in total. The highest BCUT2D eigenvalue weighted by molar-refractivity contribution is 5.74. The average Bonchev–Trinajstić information content (AvgIpc) is 3.18. The van der Waals surface area contributed by atoms with Crippen LogP contribution in [0.1, 0.15) is 62.8 Å². The molecule has 0 bridgehead atoms. The van der Waals surface area contributed by atoms with Gasteiger partial charge >= 0.3 is 6.03 Å². The highest BCUT2D eigenvalue weighted by Crippen LogP contribution is 2.31. The Labute approximate surface area is 127 Å². The number of nitrogens with zero attached hydrogens (tertiary/aromatic N) is 5. The van der Waals surface area contributed by atoms with Crippen LogP contribution in [0, 0.1) is 0 Å². The molecular weight excluding hydrogens is 284 g/mol. The maximum Gasteiger partial charge on any atom is 0.315 e. The molecule has 9 heteroatoms. The number of hydrogen-bond donors (Lipinski definition) is 3. The SMILES string of the molecule is CCc1nc(C(C)NC(=O)NC2CC(C)n3ncnc32)n[nH]1. The minimum Gasteiger partial charge on any atom is -0.328 e. The van der Waals surface area contributed by atoms with Crippen LogP contribution in [0.2, 0.25) is 0 Å². The molecule has 0 aromatic carbocycles. The number of aryl methyl sites for hydroxylation is 1. The van der Waals surface area contributed by atoms with E-state index in [1.807, 2.05) is 18.5 Å². The molecule has 0 radical (unpaired) electrons. The second kappa shape index (κ2) is 5.74.